The molecule has 0 aliphatic rings. The van der Waals surface area contributed by atoms with Crippen molar-refractivity contribution in [3.63, 3.8) is 0 Å². The smallest absolute Gasteiger partial charge is 0.267 e. The van der Waals surface area contributed by atoms with Gasteiger partial charge in [0, 0.05) is 10.0 Å². The van der Waals surface area contributed by atoms with E-state index in [1.165, 1.54) is 18.3 Å². The molecule has 5 heteroatoms. The first-order valence-electron chi connectivity index (χ1n) is 5.50. The number of hydrazone groups is 1. The lowest BCUT2D eigenvalue weighted by molar-refractivity contribution is 0.0955. The van der Waals surface area contributed by atoms with Gasteiger partial charge in [0.2, 0.25) is 0 Å². The van der Waals surface area contributed by atoms with Crippen LogP contribution < -0.4 is 5.43 Å². The van der Waals surface area contributed by atoms with E-state index in [9.17, 15) is 9.18 Å². The molecule has 2 rings (SSSR count). The molecule has 1 amide bonds. The van der Waals surface area contributed by atoms with Gasteiger partial charge in [0.05, 0.1) is 6.21 Å². The third kappa shape index (κ3) is 3.99. The predicted molar refractivity (Wildman–Crippen MR) is 75.6 cm³/mol. The molecule has 0 unspecified atom stereocenters. The van der Waals surface area contributed by atoms with Crippen molar-refractivity contribution in [1.82, 2.24) is 5.43 Å². The highest BCUT2D eigenvalue weighted by Crippen LogP contribution is 2.11. The van der Waals surface area contributed by atoms with Gasteiger partial charge in [-0.05, 0) is 35.9 Å². The van der Waals surface area contributed by atoms with E-state index < -0.39 is 0 Å². The fourth-order valence-electron chi connectivity index (χ4n) is 1.41. The quantitative estimate of drug-likeness (QED) is 0.684. The first-order chi connectivity index (χ1) is 9.15. The summed E-state index contributed by atoms with van der Waals surface area (Å²) in [7, 11) is 0. The summed E-state index contributed by atoms with van der Waals surface area (Å²) in [6, 6.07) is 12.8. The minimum Gasteiger partial charge on any atom is -0.267 e. The first-order valence-corrected chi connectivity index (χ1v) is 6.29. The molecule has 0 spiro atoms. The van der Waals surface area contributed by atoms with E-state index >= 15 is 0 Å². The van der Waals surface area contributed by atoms with Crippen LogP contribution in [0.3, 0.4) is 0 Å². The number of nitrogens with one attached hydrogen (secondary N) is 1. The average Bonchev–Trinajstić information content (AvgIpc) is 2.41. The number of hydrogen-bond acceptors (Lipinski definition) is 2. The van der Waals surface area contributed by atoms with Crippen molar-refractivity contribution in [2.75, 3.05) is 0 Å². The van der Waals surface area contributed by atoms with Crippen LogP contribution in [0.2, 0.25) is 0 Å². The first kappa shape index (κ1) is 13.4. The lowest BCUT2D eigenvalue weighted by Gasteiger charge is -2.00. The molecule has 0 fully saturated rings. The van der Waals surface area contributed by atoms with Gasteiger partial charge < -0.3 is 0 Å². The van der Waals surface area contributed by atoms with Crippen LogP contribution in [0.15, 0.2) is 58.1 Å². The Bertz CT molecular complexity index is 611. The molecule has 96 valence electrons. The van der Waals surface area contributed by atoms with Crippen molar-refractivity contribution in [2.24, 2.45) is 5.10 Å². The molecule has 0 heterocycles. The minimum atomic E-state index is -0.310. The molecule has 0 bridgehead atoms. The maximum Gasteiger partial charge on any atom is 0.271 e. The number of nitrogens with zero attached hydrogens (tertiary/aromatic N) is 1. The van der Waals surface area contributed by atoms with E-state index in [1.54, 1.807) is 30.3 Å². The summed E-state index contributed by atoms with van der Waals surface area (Å²) in [6.45, 7) is 0. The normalized spacial score (nSPS) is 10.6. The minimum absolute atomic E-state index is 0.306. The highest BCUT2D eigenvalue weighted by Gasteiger charge is 2.03. The SMILES string of the molecule is O=C(N/N=C/c1ccc(F)cc1)c1cccc(Br)c1. The fraction of sp³-hybridized carbons (Fsp3) is 0. The molecule has 0 radical (unpaired) electrons. The van der Waals surface area contributed by atoms with E-state index in [2.05, 4.69) is 26.5 Å². The van der Waals surface area contributed by atoms with Gasteiger partial charge in [-0.1, -0.05) is 34.1 Å². The van der Waals surface area contributed by atoms with Crippen molar-refractivity contribution in [3.05, 3.63) is 69.9 Å². The zero-order valence-electron chi connectivity index (χ0n) is 9.81. The standard InChI is InChI=1S/C14H10BrFN2O/c15-12-3-1-2-11(8-12)14(19)18-17-9-10-4-6-13(16)7-5-10/h1-9H,(H,18,19)/b17-9+. The van der Waals surface area contributed by atoms with Gasteiger partial charge >= 0.3 is 0 Å². The van der Waals surface area contributed by atoms with Gasteiger partial charge in [-0.25, -0.2) is 9.82 Å². The van der Waals surface area contributed by atoms with Crippen LogP contribution in [0.1, 0.15) is 15.9 Å². The Kier molecular flexibility index (Phi) is 4.41. The molecule has 0 aromatic heterocycles. The zero-order chi connectivity index (χ0) is 13.7. The largest absolute Gasteiger partial charge is 0.271 e. The Morgan fingerprint density at radius 1 is 1.21 bits per heavy atom. The highest BCUT2D eigenvalue weighted by molar-refractivity contribution is 9.10. The molecule has 0 aliphatic carbocycles. The summed E-state index contributed by atoms with van der Waals surface area (Å²) in [5.41, 5.74) is 3.61. The van der Waals surface area contributed by atoms with Crippen molar-refractivity contribution < 1.29 is 9.18 Å². The van der Waals surface area contributed by atoms with Gasteiger partial charge in [-0.3, -0.25) is 4.79 Å². The summed E-state index contributed by atoms with van der Waals surface area (Å²) in [4.78, 5) is 11.7. The van der Waals surface area contributed by atoms with Crippen molar-refractivity contribution >= 4 is 28.1 Å². The van der Waals surface area contributed by atoms with E-state index in [1.807, 2.05) is 6.07 Å². The number of amides is 1. The number of halogens is 2. The molecule has 0 atom stereocenters. The van der Waals surface area contributed by atoms with E-state index in [4.69, 9.17) is 0 Å². The van der Waals surface area contributed by atoms with Crippen LogP contribution in [0.25, 0.3) is 0 Å². The highest BCUT2D eigenvalue weighted by atomic mass is 79.9. The summed E-state index contributed by atoms with van der Waals surface area (Å²) in [6.07, 6.45) is 1.45. The molecule has 0 saturated carbocycles. The van der Waals surface area contributed by atoms with Crippen molar-refractivity contribution in [2.45, 2.75) is 0 Å². The summed E-state index contributed by atoms with van der Waals surface area (Å²) in [5, 5.41) is 3.81. The molecule has 0 saturated heterocycles. The van der Waals surface area contributed by atoms with Gasteiger partial charge in [0.1, 0.15) is 5.82 Å². The average molecular weight is 321 g/mol. The number of carbonyl (C=O) groups excluding carboxylic acids is 1. The molecular weight excluding hydrogens is 311 g/mol. The van der Waals surface area contributed by atoms with Crippen molar-refractivity contribution in [3.8, 4) is 0 Å². The predicted octanol–water partition coefficient (Wildman–Crippen LogP) is 3.35. The zero-order valence-corrected chi connectivity index (χ0v) is 11.4. The number of carbonyl (C=O) groups is 1. The topological polar surface area (TPSA) is 41.5 Å². The Morgan fingerprint density at radius 2 is 1.95 bits per heavy atom. The Hall–Kier alpha value is -2.01. The van der Waals surface area contributed by atoms with E-state index in [0.29, 0.717) is 11.1 Å². The molecule has 0 aliphatic heterocycles. The van der Waals surface area contributed by atoms with Gasteiger partial charge in [0.25, 0.3) is 5.91 Å². The second kappa shape index (κ2) is 6.24. The lowest BCUT2D eigenvalue weighted by atomic mass is 10.2. The number of rotatable bonds is 3. The molecule has 1 N–H and O–H groups in total. The van der Waals surface area contributed by atoms with Crippen LogP contribution in [-0.2, 0) is 0 Å². The fourth-order valence-corrected chi connectivity index (χ4v) is 1.81. The van der Waals surface area contributed by atoms with Crippen LogP contribution in [0.4, 0.5) is 4.39 Å². The van der Waals surface area contributed by atoms with Crippen LogP contribution >= 0.6 is 15.9 Å². The second-order valence-corrected chi connectivity index (χ2v) is 4.68. The van der Waals surface area contributed by atoms with Gasteiger partial charge in [0.15, 0.2) is 0 Å². The Balaban J connectivity index is 1.98. The maximum atomic E-state index is 12.7. The number of hydrogen-bond donors (Lipinski definition) is 1. The Morgan fingerprint density at radius 3 is 2.63 bits per heavy atom. The van der Waals surface area contributed by atoms with Gasteiger partial charge in [-0.2, -0.15) is 5.10 Å². The van der Waals surface area contributed by atoms with Crippen LogP contribution in [-0.4, -0.2) is 12.1 Å². The molecule has 19 heavy (non-hydrogen) atoms. The third-order valence-electron chi connectivity index (χ3n) is 2.34. The summed E-state index contributed by atoms with van der Waals surface area (Å²) in [5.74, 6) is -0.616. The molecule has 2 aromatic rings. The summed E-state index contributed by atoms with van der Waals surface area (Å²) >= 11 is 3.29. The third-order valence-corrected chi connectivity index (χ3v) is 2.83. The molecule has 2 aromatic carbocycles. The van der Waals surface area contributed by atoms with Crippen molar-refractivity contribution in [1.29, 1.82) is 0 Å². The van der Waals surface area contributed by atoms with Crippen LogP contribution in [0, 0.1) is 5.82 Å². The summed E-state index contributed by atoms with van der Waals surface area (Å²) < 4.78 is 13.5. The molecule has 3 nitrogen and oxygen atoms in total. The monoisotopic (exact) mass is 320 g/mol. The maximum absolute atomic E-state index is 12.7. The Labute approximate surface area is 118 Å². The number of benzene rings is 2. The lowest BCUT2D eigenvalue weighted by Crippen LogP contribution is -2.17. The van der Waals surface area contributed by atoms with E-state index in [-0.39, 0.29) is 11.7 Å². The second-order valence-electron chi connectivity index (χ2n) is 3.76. The van der Waals surface area contributed by atoms with Gasteiger partial charge in [-0.15, -0.1) is 0 Å². The van der Waals surface area contributed by atoms with Crippen LogP contribution in [0.5, 0.6) is 0 Å². The van der Waals surface area contributed by atoms with E-state index in [0.717, 1.165) is 4.47 Å². The molecular formula is C14H10BrFN2O.